The minimum absolute atomic E-state index is 1.04. The van der Waals surface area contributed by atoms with Crippen LogP contribution in [0.3, 0.4) is 0 Å². The summed E-state index contributed by atoms with van der Waals surface area (Å²) >= 11 is 3.54. The summed E-state index contributed by atoms with van der Waals surface area (Å²) < 4.78 is 0. The van der Waals surface area contributed by atoms with E-state index in [1.807, 2.05) is 0 Å². The van der Waals surface area contributed by atoms with E-state index in [4.69, 9.17) is 0 Å². The summed E-state index contributed by atoms with van der Waals surface area (Å²) in [6.07, 6.45) is 11.8. The minimum Gasteiger partial charge on any atom is -0.0928 e. The summed E-state index contributed by atoms with van der Waals surface area (Å²) in [7, 11) is 0. The number of hydrogen-bond acceptors (Lipinski definition) is 0. The Morgan fingerprint density at radius 3 is 2.00 bits per heavy atom. The topological polar surface area (TPSA) is 0 Å². The Balaban J connectivity index is 2.08. The molecule has 1 aliphatic carbocycles. The molecule has 0 aromatic rings. The van der Waals surface area contributed by atoms with Gasteiger partial charge in [0, 0.05) is 5.33 Å². The molecular weight excluding hydrogens is 224 g/mol. The molecule has 0 aromatic heterocycles. The Kier molecular flexibility index (Phi) is 6.10. The number of rotatable bonds is 5. The Morgan fingerprint density at radius 2 is 1.54 bits per heavy atom. The van der Waals surface area contributed by atoms with Crippen molar-refractivity contribution in [2.24, 2.45) is 11.8 Å². The van der Waals surface area contributed by atoms with Crippen LogP contribution in [0, 0.1) is 11.8 Å². The molecular formula is C12H23Br. The van der Waals surface area contributed by atoms with E-state index in [-0.39, 0.29) is 0 Å². The van der Waals surface area contributed by atoms with Gasteiger partial charge >= 0.3 is 0 Å². The number of halogens is 1. The first-order valence-corrected chi connectivity index (χ1v) is 7.05. The normalized spacial score (nSPS) is 29.1. The number of hydrogen-bond donors (Lipinski definition) is 0. The highest BCUT2D eigenvalue weighted by molar-refractivity contribution is 9.09. The van der Waals surface area contributed by atoms with Gasteiger partial charge in [-0.15, -0.1) is 0 Å². The zero-order valence-corrected chi connectivity index (χ0v) is 10.5. The van der Waals surface area contributed by atoms with Gasteiger partial charge in [0.05, 0.1) is 0 Å². The molecule has 1 heteroatoms. The highest BCUT2D eigenvalue weighted by Gasteiger charge is 2.19. The van der Waals surface area contributed by atoms with E-state index in [2.05, 4.69) is 22.9 Å². The number of alkyl halides is 1. The molecule has 1 aliphatic rings. The van der Waals surface area contributed by atoms with Gasteiger partial charge in [-0.05, 0) is 18.3 Å². The molecule has 0 amide bonds. The van der Waals surface area contributed by atoms with Crippen LogP contribution < -0.4 is 0 Å². The average Bonchev–Trinajstić information content (AvgIpc) is 2.17. The third kappa shape index (κ3) is 4.49. The van der Waals surface area contributed by atoms with Crippen molar-refractivity contribution in [3.63, 3.8) is 0 Å². The van der Waals surface area contributed by atoms with Crippen LogP contribution in [0.4, 0.5) is 0 Å². The van der Waals surface area contributed by atoms with Gasteiger partial charge in [0.1, 0.15) is 0 Å². The van der Waals surface area contributed by atoms with Gasteiger partial charge in [-0.3, -0.25) is 0 Å². The maximum atomic E-state index is 3.54. The lowest BCUT2D eigenvalue weighted by Crippen LogP contribution is -2.14. The molecule has 78 valence electrons. The summed E-state index contributed by atoms with van der Waals surface area (Å²) in [6.45, 7) is 2.30. The fraction of sp³-hybridized carbons (Fsp3) is 1.00. The molecule has 0 N–H and O–H groups in total. The molecule has 0 heterocycles. The molecule has 0 aromatic carbocycles. The van der Waals surface area contributed by atoms with Gasteiger partial charge in [0.15, 0.2) is 0 Å². The molecule has 0 bridgehead atoms. The monoisotopic (exact) mass is 246 g/mol. The summed E-state index contributed by atoms with van der Waals surface area (Å²) in [4.78, 5) is 0. The van der Waals surface area contributed by atoms with Crippen molar-refractivity contribution in [1.29, 1.82) is 0 Å². The van der Waals surface area contributed by atoms with Crippen molar-refractivity contribution in [1.82, 2.24) is 0 Å². The van der Waals surface area contributed by atoms with Gasteiger partial charge in [0.25, 0.3) is 0 Å². The van der Waals surface area contributed by atoms with E-state index in [1.54, 1.807) is 0 Å². The first kappa shape index (κ1) is 11.6. The van der Waals surface area contributed by atoms with Crippen molar-refractivity contribution in [2.45, 2.75) is 58.3 Å². The van der Waals surface area contributed by atoms with Crippen LogP contribution in [-0.2, 0) is 0 Å². The molecule has 0 radical (unpaired) electrons. The fourth-order valence-electron chi connectivity index (χ4n) is 2.46. The molecule has 0 saturated heterocycles. The first-order chi connectivity index (χ1) is 6.36. The van der Waals surface area contributed by atoms with Crippen LogP contribution >= 0.6 is 15.9 Å². The molecule has 0 spiro atoms. The summed E-state index contributed by atoms with van der Waals surface area (Å²) in [6, 6.07) is 0. The summed E-state index contributed by atoms with van der Waals surface area (Å²) in [5, 5.41) is 1.21. The standard InChI is InChI=1S/C12H23Br/c1-2-3-4-11-5-7-12(8-6-11)9-10-13/h11-12H,2-10H2,1H3. The maximum Gasteiger partial charge on any atom is 0.00339 e. The molecule has 0 nitrogen and oxygen atoms in total. The van der Waals surface area contributed by atoms with Gasteiger partial charge in [-0.25, -0.2) is 0 Å². The van der Waals surface area contributed by atoms with E-state index in [9.17, 15) is 0 Å². The highest BCUT2D eigenvalue weighted by Crippen LogP contribution is 2.33. The maximum absolute atomic E-state index is 3.54. The molecule has 0 unspecified atom stereocenters. The Hall–Kier alpha value is 0.480. The molecule has 1 rings (SSSR count). The summed E-state index contributed by atoms with van der Waals surface area (Å²) in [5.74, 6) is 2.11. The fourth-order valence-corrected chi connectivity index (χ4v) is 3.10. The quantitative estimate of drug-likeness (QED) is 0.614. The third-order valence-electron chi connectivity index (χ3n) is 3.45. The Morgan fingerprint density at radius 1 is 1.00 bits per heavy atom. The third-order valence-corrected chi connectivity index (χ3v) is 3.91. The molecule has 13 heavy (non-hydrogen) atoms. The van der Waals surface area contributed by atoms with Gasteiger partial charge < -0.3 is 0 Å². The van der Waals surface area contributed by atoms with Crippen LogP contribution in [-0.4, -0.2) is 5.33 Å². The largest absolute Gasteiger partial charge is 0.0928 e. The van der Waals surface area contributed by atoms with E-state index in [0.717, 1.165) is 11.8 Å². The van der Waals surface area contributed by atoms with E-state index in [0.29, 0.717) is 0 Å². The predicted octanol–water partition coefficient (Wildman–Crippen LogP) is 4.77. The Labute approximate surface area is 91.6 Å². The molecule has 0 aliphatic heterocycles. The summed E-state index contributed by atoms with van der Waals surface area (Å²) in [5.41, 5.74) is 0. The van der Waals surface area contributed by atoms with E-state index >= 15 is 0 Å². The van der Waals surface area contributed by atoms with Crippen LogP contribution in [0.1, 0.15) is 58.3 Å². The van der Waals surface area contributed by atoms with Crippen LogP contribution in [0.2, 0.25) is 0 Å². The molecule has 0 atom stereocenters. The molecule has 1 fully saturated rings. The van der Waals surface area contributed by atoms with Gasteiger partial charge in [0.2, 0.25) is 0 Å². The minimum atomic E-state index is 1.04. The lowest BCUT2D eigenvalue weighted by Gasteiger charge is -2.28. The SMILES string of the molecule is CCCCC1CCC(CCBr)CC1. The van der Waals surface area contributed by atoms with E-state index in [1.165, 1.54) is 56.7 Å². The average molecular weight is 247 g/mol. The predicted molar refractivity (Wildman–Crippen MR) is 63.4 cm³/mol. The van der Waals surface area contributed by atoms with Crippen molar-refractivity contribution in [3.8, 4) is 0 Å². The second kappa shape index (κ2) is 6.86. The van der Waals surface area contributed by atoms with E-state index < -0.39 is 0 Å². The van der Waals surface area contributed by atoms with Crippen molar-refractivity contribution in [3.05, 3.63) is 0 Å². The number of unbranched alkanes of at least 4 members (excludes halogenated alkanes) is 1. The zero-order chi connectivity index (χ0) is 9.52. The lowest BCUT2D eigenvalue weighted by molar-refractivity contribution is 0.256. The van der Waals surface area contributed by atoms with Crippen LogP contribution in [0.15, 0.2) is 0 Å². The second-order valence-corrected chi connectivity index (χ2v) is 5.30. The first-order valence-electron chi connectivity index (χ1n) is 5.92. The van der Waals surface area contributed by atoms with Crippen LogP contribution in [0.5, 0.6) is 0 Å². The van der Waals surface area contributed by atoms with Crippen LogP contribution in [0.25, 0.3) is 0 Å². The molecule has 1 saturated carbocycles. The van der Waals surface area contributed by atoms with Crippen molar-refractivity contribution in [2.75, 3.05) is 5.33 Å². The lowest BCUT2D eigenvalue weighted by atomic mass is 9.79. The Bertz CT molecular complexity index is 114. The smallest absolute Gasteiger partial charge is 0.00339 e. The van der Waals surface area contributed by atoms with Crippen molar-refractivity contribution >= 4 is 15.9 Å². The zero-order valence-electron chi connectivity index (χ0n) is 8.90. The van der Waals surface area contributed by atoms with Gasteiger partial charge in [-0.2, -0.15) is 0 Å². The van der Waals surface area contributed by atoms with Gasteiger partial charge in [-0.1, -0.05) is 67.8 Å². The second-order valence-electron chi connectivity index (χ2n) is 4.51. The highest BCUT2D eigenvalue weighted by atomic mass is 79.9. The van der Waals surface area contributed by atoms with Crippen molar-refractivity contribution < 1.29 is 0 Å².